The molecule has 0 aliphatic carbocycles. The summed E-state index contributed by atoms with van der Waals surface area (Å²) in [4.78, 5) is 11.9. The van der Waals surface area contributed by atoms with E-state index in [1.54, 1.807) is 7.05 Å². The van der Waals surface area contributed by atoms with Gasteiger partial charge in [-0.1, -0.05) is 0 Å². The van der Waals surface area contributed by atoms with E-state index in [0.717, 1.165) is 0 Å². The van der Waals surface area contributed by atoms with Crippen LogP contribution in [0.3, 0.4) is 0 Å². The summed E-state index contributed by atoms with van der Waals surface area (Å²) >= 11 is 0. The number of carboxylic acid groups (broad SMARTS) is 1. The minimum Gasteiger partial charge on any atom is -0.478 e. The maximum atomic E-state index is 10.4. The van der Waals surface area contributed by atoms with Gasteiger partial charge in [-0.25, -0.2) is 4.79 Å². The molecule has 0 aromatic heterocycles. The first-order valence-electron chi connectivity index (χ1n) is 3.45. The van der Waals surface area contributed by atoms with Crippen molar-refractivity contribution in [1.29, 1.82) is 0 Å². The average molecular weight is 157 g/mol. The normalized spacial score (nSPS) is 24.7. The lowest BCUT2D eigenvalue weighted by Crippen LogP contribution is -2.31. The van der Waals surface area contributed by atoms with Crippen molar-refractivity contribution in [3.8, 4) is 0 Å². The summed E-state index contributed by atoms with van der Waals surface area (Å²) in [6.45, 7) is 0. The summed E-state index contributed by atoms with van der Waals surface area (Å²) in [5.41, 5.74) is 0.359. The summed E-state index contributed by atoms with van der Waals surface area (Å²) in [6, 6.07) is 0. The van der Waals surface area contributed by atoms with Crippen molar-refractivity contribution in [1.82, 2.24) is 4.90 Å². The molecule has 1 heterocycles. The second-order valence-corrected chi connectivity index (χ2v) is 2.64. The summed E-state index contributed by atoms with van der Waals surface area (Å²) in [7, 11) is 1.66. The van der Waals surface area contributed by atoms with E-state index in [4.69, 9.17) is 10.2 Å². The van der Waals surface area contributed by atoms with Crippen LogP contribution in [0.2, 0.25) is 0 Å². The minimum atomic E-state index is -0.899. The maximum absolute atomic E-state index is 10.4. The van der Waals surface area contributed by atoms with Gasteiger partial charge in [-0.2, -0.15) is 0 Å². The number of rotatable bonds is 1. The van der Waals surface area contributed by atoms with E-state index in [0.29, 0.717) is 18.4 Å². The Labute approximate surface area is 64.7 Å². The monoisotopic (exact) mass is 157 g/mol. The highest BCUT2D eigenvalue weighted by Crippen LogP contribution is 2.17. The van der Waals surface area contributed by atoms with Gasteiger partial charge in [-0.15, -0.1) is 0 Å². The molecule has 4 heteroatoms. The van der Waals surface area contributed by atoms with Gasteiger partial charge in [0.05, 0.1) is 5.57 Å². The predicted molar refractivity (Wildman–Crippen MR) is 38.7 cm³/mol. The fourth-order valence-electron chi connectivity index (χ4n) is 1.05. The van der Waals surface area contributed by atoms with Gasteiger partial charge in [0.2, 0.25) is 0 Å². The van der Waals surface area contributed by atoms with Gasteiger partial charge in [0, 0.05) is 13.2 Å². The molecule has 1 aliphatic heterocycles. The van der Waals surface area contributed by atoms with Crippen molar-refractivity contribution in [3.63, 3.8) is 0 Å². The third kappa shape index (κ3) is 1.71. The lowest BCUT2D eigenvalue weighted by molar-refractivity contribution is -0.133. The van der Waals surface area contributed by atoms with Crippen LogP contribution < -0.4 is 0 Å². The Morgan fingerprint density at radius 3 is 2.91 bits per heavy atom. The number of nitrogens with zero attached hydrogens (tertiary/aromatic N) is 1. The summed E-state index contributed by atoms with van der Waals surface area (Å²) < 4.78 is 0. The largest absolute Gasteiger partial charge is 0.478 e. The number of carboxylic acids is 1. The molecule has 1 aliphatic rings. The van der Waals surface area contributed by atoms with Crippen molar-refractivity contribution in [2.24, 2.45) is 0 Å². The highest BCUT2D eigenvalue weighted by Gasteiger charge is 2.19. The highest BCUT2D eigenvalue weighted by molar-refractivity contribution is 5.86. The van der Waals surface area contributed by atoms with Crippen molar-refractivity contribution >= 4 is 5.97 Å². The first-order chi connectivity index (χ1) is 5.11. The van der Waals surface area contributed by atoms with Crippen LogP contribution in [0.5, 0.6) is 0 Å². The Hall–Kier alpha value is -1.03. The molecule has 4 nitrogen and oxygen atoms in total. The molecule has 11 heavy (non-hydrogen) atoms. The molecule has 0 saturated heterocycles. The van der Waals surface area contributed by atoms with Gasteiger partial charge in [0.15, 0.2) is 0 Å². The van der Waals surface area contributed by atoms with Crippen LogP contribution in [0.4, 0.5) is 0 Å². The quantitative estimate of drug-likeness (QED) is 0.562. The molecule has 0 amide bonds. The van der Waals surface area contributed by atoms with Gasteiger partial charge in [0.1, 0.15) is 6.23 Å². The Bertz CT molecular complexity index is 200. The van der Waals surface area contributed by atoms with E-state index < -0.39 is 12.2 Å². The van der Waals surface area contributed by atoms with Crippen LogP contribution >= 0.6 is 0 Å². The summed E-state index contributed by atoms with van der Waals surface area (Å²) in [5, 5.41) is 17.7. The second-order valence-electron chi connectivity index (χ2n) is 2.64. The molecule has 2 N–H and O–H groups in total. The number of hydrogen-bond donors (Lipinski definition) is 2. The molecular formula is C7H11NO3. The molecule has 0 aromatic rings. The predicted octanol–water partition coefficient (Wildman–Crippen LogP) is -0.00110. The second kappa shape index (κ2) is 2.92. The van der Waals surface area contributed by atoms with Crippen molar-refractivity contribution in [3.05, 3.63) is 11.8 Å². The van der Waals surface area contributed by atoms with E-state index in [9.17, 15) is 4.79 Å². The first-order valence-corrected chi connectivity index (χ1v) is 3.45. The number of carbonyl (C=O) groups is 1. The van der Waals surface area contributed by atoms with Crippen LogP contribution in [0, 0.1) is 0 Å². The Balaban J connectivity index is 2.71. The zero-order valence-electron chi connectivity index (χ0n) is 6.32. The molecule has 1 unspecified atom stereocenters. The SMILES string of the molecule is CN1C=C(C(=O)O)CCC1O. The number of aliphatic hydroxyl groups is 1. The molecule has 0 radical (unpaired) electrons. The van der Waals surface area contributed by atoms with Gasteiger partial charge in [-0.3, -0.25) is 0 Å². The molecular weight excluding hydrogens is 146 g/mol. The van der Waals surface area contributed by atoms with Crippen LogP contribution in [-0.4, -0.2) is 34.4 Å². The van der Waals surface area contributed by atoms with Gasteiger partial charge in [-0.05, 0) is 12.8 Å². The lowest BCUT2D eigenvalue weighted by atomic mass is 10.1. The zero-order chi connectivity index (χ0) is 8.43. The Morgan fingerprint density at radius 2 is 2.45 bits per heavy atom. The topological polar surface area (TPSA) is 60.8 Å². The fraction of sp³-hybridized carbons (Fsp3) is 0.571. The molecule has 1 atom stereocenters. The molecule has 0 bridgehead atoms. The van der Waals surface area contributed by atoms with Crippen LogP contribution in [0.1, 0.15) is 12.8 Å². The third-order valence-electron chi connectivity index (χ3n) is 1.78. The summed E-state index contributed by atoms with van der Waals surface area (Å²) in [6.07, 6.45) is 1.88. The fourth-order valence-corrected chi connectivity index (χ4v) is 1.05. The number of aliphatic carboxylic acids is 1. The molecule has 1 rings (SSSR count). The molecule has 0 fully saturated rings. The van der Waals surface area contributed by atoms with Gasteiger partial charge >= 0.3 is 5.97 Å². The lowest BCUT2D eigenvalue weighted by Gasteiger charge is -2.26. The number of hydrogen-bond acceptors (Lipinski definition) is 3. The van der Waals surface area contributed by atoms with Crippen LogP contribution in [0.15, 0.2) is 11.8 Å². The molecule has 0 aromatic carbocycles. The maximum Gasteiger partial charge on any atom is 0.333 e. The van der Waals surface area contributed by atoms with E-state index in [2.05, 4.69) is 0 Å². The van der Waals surface area contributed by atoms with Crippen molar-refractivity contribution < 1.29 is 15.0 Å². The zero-order valence-corrected chi connectivity index (χ0v) is 6.32. The van der Waals surface area contributed by atoms with Gasteiger partial charge < -0.3 is 15.1 Å². The van der Waals surface area contributed by atoms with Crippen molar-refractivity contribution in [2.75, 3.05) is 7.05 Å². The molecule has 0 saturated carbocycles. The highest BCUT2D eigenvalue weighted by atomic mass is 16.4. The van der Waals surface area contributed by atoms with E-state index in [1.807, 2.05) is 0 Å². The van der Waals surface area contributed by atoms with Gasteiger partial charge in [0.25, 0.3) is 0 Å². The molecule has 62 valence electrons. The average Bonchev–Trinajstić information content (AvgIpc) is 1.94. The van der Waals surface area contributed by atoms with Crippen molar-refractivity contribution in [2.45, 2.75) is 19.1 Å². The Morgan fingerprint density at radius 1 is 1.82 bits per heavy atom. The van der Waals surface area contributed by atoms with Crippen LogP contribution in [-0.2, 0) is 4.79 Å². The number of aliphatic hydroxyl groups excluding tert-OH is 1. The van der Waals surface area contributed by atoms with E-state index >= 15 is 0 Å². The summed E-state index contributed by atoms with van der Waals surface area (Å²) in [5.74, 6) is -0.899. The smallest absolute Gasteiger partial charge is 0.333 e. The van der Waals surface area contributed by atoms with E-state index in [1.165, 1.54) is 11.1 Å². The minimum absolute atomic E-state index is 0.359. The van der Waals surface area contributed by atoms with Crippen LogP contribution in [0.25, 0.3) is 0 Å². The van der Waals surface area contributed by atoms with E-state index in [-0.39, 0.29) is 0 Å². The standard InChI is InChI=1S/C7H11NO3/c1-8-4-5(7(10)11)2-3-6(8)9/h4,6,9H,2-3H2,1H3,(H,10,11). The first kappa shape index (κ1) is 8.07. The third-order valence-corrected chi connectivity index (χ3v) is 1.78. The Kier molecular flexibility index (Phi) is 2.14. The molecule has 0 spiro atoms.